The first-order valence-electron chi connectivity index (χ1n) is 5.79. The van der Waals surface area contributed by atoms with Gasteiger partial charge in [0.15, 0.2) is 0 Å². The first-order chi connectivity index (χ1) is 8.29. The first-order valence-corrected chi connectivity index (χ1v) is 6.91. The molecule has 0 radical (unpaired) electrons. The van der Waals surface area contributed by atoms with Gasteiger partial charge in [-0.05, 0) is 12.0 Å². The summed E-state index contributed by atoms with van der Waals surface area (Å²) in [5.41, 5.74) is 1.17. The molecule has 17 heavy (non-hydrogen) atoms. The zero-order valence-electron chi connectivity index (χ0n) is 9.64. The molecule has 4 heteroatoms. The normalized spacial score (nSPS) is 20.6. The van der Waals surface area contributed by atoms with Crippen molar-refractivity contribution in [3.63, 3.8) is 0 Å². The fourth-order valence-corrected chi connectivity index (χ4v) is 2.44. The SMILES string of the molecule is O=C1CO[C@@H](CCBr)CN1Cc1ccccc1. The Morgan fingerprint density at radius 1 is 1.35 bits per heavy atom. The maximum atomic E-state index is 11.7. The zero-order valence-corrected chi connectivity index (χ0v) is 11.2. The third-order valence-corrected chi connectivity index (χ3v) is 3.32. The van der Waals surface area contributed by atoms with E-state index in [4.69, 9.17) is 4.74 Å². The van der Waals surface area contributed by atoms with Crippen molar-refractivity contribution in [3.8, 4) is 0 Å². The van der Waals surface area contributed by atoms with Crippen LogP contribution in [0.1, 0.15) is 12.0 Å². The highest BCUT2D eigenvalue weighted by Gasteiger charge is 2.25. The van der Waals surface area contributed by atoms with Crippen molar-refractivity contribution in [1.29, 1.82) is 0 Å². The van der Waals surface area contributed by atoms with Crippen molar-refractivity contribution >= 4 is 21.8 Å². The van der Waals surface area contributed by atoms with Crippen molar-refractivity contribution in [2.75, 3.05) is 18.5 Å². The minimum Gasteiger partial charge on any atom is -0.367 e. The Bertz CT molecular complexity index is 369. The number of morpholine rings is 1. The van der Waals surface area contributed by atoms with Gasteiger partial charge in [-0.1, -0.05) is 46.3 Å². The molecule has 0 N–H and O–H groups in total. The second-order valence-electron chi connectivity index (χ2n) is 4.17. The molecule has 0 aliphatic carbocycles. The third kappa shape index (κ3) is 3.54. The highest BCUT2D eigenvalue weighted by molar-refractivity contribution is 9.09. The summed E-state index contributed by atoms with van der Waals surface area (Å²) in [6, 6.07) is 10.1. The van der Waals surface area contributed by atoms with Gasteiger partial charge in [-0.15, -0.1) is 0 Å². The Morgan fingerprint density at radius 2 is 2.12 bits per heavy atom. The third-order valence-electron chi connectivity index (χ3n) is 2.87. The van der Waals surface area contributed by atoms with Gasteiger partial charge in [-0.25, -0.2) is 0 Å². The van der Waals surface area contributed by atoms with Crippen molar-refractivity contribution in [1.82, 2.24) is 4.90 Å². The van der Waals surface area contributed by atoms with E-state index in [9.17, 15) is 4.79 Å². The van der Waals surface area contributed by atoms with E-state index in [0.717, 1.165) is 11.8 Å². The molecule has 1 aliphatic heterocycles. The number of carbonyl (C=O) groups is 1. The molecular formula is C13H16BrNO2. The van der Waals surface area contributed by atoms with E-state index in [2.05, 4.69) is 15.9 Å². The Morgan fingerprint density at radius 3 is 2.82 bits per heavy atom. The van der Waals surface area contributed by atoms with Crippen LogP contribution in [0.2, 0.25) is 0 Å². The Hall–Kier alpha value is -0.870. The van der Waals surface area contributed by atoms with Gasteiger partial charge in [-0.2, -0.15) is 0 Å². The molecule has 3 nitrogen and oxygen atoms in total. The standard InChI is InChI=1S/C13H16BrNO2/c14-7-6-12-9-15(13(16)10-17-12)8-11-4-2-1-3-5-11/h1-5,12H,6-10H2/t12-/m0/s1. The summed E-state index contributed by atoms with van der Waals surface area (Å²) in [5.74, 6) is 0.0830. The molecule has 0 spiro atoms. The second-order valence-corrected chi connectivity index (χ2v) is 4.96. The molecule has 0 unspecified atom stereocenters. The number of alkyl halides is 1. The summed E-state index contributed by atoms with van der Waals surface area (Å²) < 4.78 is 5.48. The lowest BCUT2D eigenvalue weighted by Gasteiger charge is -2.32. The Kier molecular flexibility index (Phi) is 4.57. The van der Waals surface area contributed by atoms with Crippen molar-refractivity contribution in [3.05, 3.63) is 35.9 Å². The average Bonchev–Trinajstić information content (AvgIpc) is 2.35. The van der Waals surface area contributed by atoms with Gasteiger partial charge in [0, 0.05) is 18.4 Å². The molecule has 1 aromatic rings. The van der Waals surface area contributed by atoms with Crippen LogP contribution in [0.15, 0.2) is 30.3 Å². The molecule has 0 aromatic heterocycles. The summed E-state index contributed by atoms with van der Waals surface area (Å²) in [6.07, 6.45) is 1.11. The van der Waals surface area contributed by atoms with Crippen LogP contribution in [-0.4, -0.2) is 35.4 Å². The quantitative estimate of drug-likeness (QED) is 0.798. The molecule has 1 atom stereocenters. The number of benzene rings is 1. The largest absolute Gasteiger partial charge is 0.367 e. The average molecular weight is 298 g/mol. The molecule has 2 rings (SSSR count). The lowest BCUT2D eigenvalue weighted by atomic mass is 10.1. The number of hydrogen-bond donors (Lipinski definition) is 0. The van der Waals surface area contributed by atoms with E-state index in [0.29, 0.717) is 13.1 Å². The minimum atomic E-state index is 0.0830. The van der Waals surface area contributed by atoms with Crippen molar-refractivity contribution in [2.24, 2.45) is 0 Å². The minimum absolute atomic E-state index is 0.0830. The molecular weight excluding hydrogens is 282 g/mol. The summed E-state index contributed by atoms with van der Waals surface area (Å²) in [5, 5.41) is 0.908. The van der Waals surface area contributed by atoms with Gasteiger partial charge < -0.3 is 9.64 Å². The molecule has 0 bridgehead atoms. The lowest BCUT2D eigenvalue weighted by molar-refractivity contribution is -0.149. The molecule has 92 valence electrons. The first kappa shape index (κ1) is 12.6. The number of carbonyl (C=O) groups excluding carboxylic acids is 1. The number of amides is 1. The predicted molar refractivity (Wildman–Crippen MR) is 70.0 cm³/mol. The topological polar surface area (TPSA) is 29.5 Å². The molecule has 1 aliphatic rings. The predicted octanol–water partition coefficient (Wildman–Crippen LogP) is 2.20. The van der Waals surface area contributed by atoms with Crippen LogP contribution >= 0.6 is 15.9 Å². The lowest BCUT2D eigenvalue weighted by Crippen LogP contribution is -2.46. The number of halogens is 1. The molecule has 1 amide bonds. The maximum absolute atomic E-state index is 11.7. The number of ether oxygens (including phenoxy) is 1. The Labute approximate surface area is 110 Å². The van der Waals surface area contributed by atoms with Crippen LogP contribution in [0, 0.1) is 0 Å². The van der Waals surface area contributed by atoms with Crippen molar-refractivity contribution in [2.45, 2.75) is 19.1 Å². The van der Waals surface area contributed by atoms with E-state index in [1.165, 1.54) is 5.56 Å². The van der Waals surface area contributed by atoms with E-state index in [-0.39, 0.29) is 18.6 Å². The van der Waals surface area contributed by atoms with Crippen LogP contribution in [0.25, 0.3) is 0 Å². The van der Waals surface area contributed by atoms with E-state index >= 15 is 0 Å². The van der Waals surface area contributed by atoms with E-state index in [1.807, 2.05) is 35.2 Å². The molecule has 1 heterocycles. The summed E-state index contributed by atoms with van der Waals surface area (Å²) in [4.78, 5) is 13.6. The highest BCUT2D eigenvalue weighted by Crippen LogP contribution is 2.14. The van der Waals surface area contributed by atoms with Crippen LogP contribution in [0.5, 0.6) is 0 Å². The van der Waals surface area contributed by atoms with E-state index in [1.54, 1.807) is 0 Å². The van der Waals surface area contributed by atoms with Crippen LogP contribution < -0.4 is 0 Å². The fraction of sp³-hybridized carbons (Fsp3) is 0.462. The smallest absolute Gasteiger partial charge is 0.248 e. The maximum Gasteiger partial charge on any atom is 0.248 e. The molecule has 1 aromatic carbocycles. The summed E-state index contributed by atoms with van der Waals surface area (Å²) in [6.45, 7) is 1.59. The zero-order chi connectivity index (χ0) is 12.1. The number of rotatable bonds is 4. The van der Waals surface area contributed by atoms with Crippen molar-refractivity contribution < 1.29 is 9.53 Å². The van der Waals surface area contributed by atoms with Gasteiger partial charge in [0.1, 0.15) is 6.61 Å². The number of hydrogen-bond acceptors (Lipinski definition) is 2. The van der Waals surface area contributed by atoms with E-state index < -0.39 is 0 Å². The summed E-state index contributed by atoms with van der Waals surface area (Å²) in [7, 11) is 0. The highest BCUT2D eigenvalue weighted by atomic mass is 79.9. The fourth-order valence-electron chi connectivity index (χ4n) is 1.93. The molecule has 0 saturated carbocycles. The van der Waals surface area contributed by atoms with Crippen LogP contribution in [0.3, 0.4) is 0 Å². The second kappa shape index (κ2) is 6.17. The van der Waals surface area contributed by atoms with Crippen LogP contribution in [-0.2, 0) is 16.1 Å². The van der Waals surface area contributed by atoms with Crippen LogP contribution in [0.4, 0.5) is 0 Å². The Balaban J connectivity index is 1.96. The van der Waals surface area contributed by atoms with Gasteiger partial charge in [0.2, 0.25) is 5.91 Å². The van der Waals surface area contributed by atoms with Gasteiger partial charge >= 0.3 is 0 Å². The van der Waals surface area contributed by atoms with Gasteiger partial charge in [0.25, 0.3) is 0 Å². The summed E-state index contributed by atoms with van der Waals surface area (Å²) >= 11 is 3.40. The monoisotopic (exact) mass is 297 g/mol. The van der Waals surface area contributed by atoms with Gasteiger partial charge in [-0.3, -0.25) is 4.79 Å². The molecule has 1 saturated heterocycles. The van der Waals surface area contributed by atoms with Gasteiger partial charge in [0.05, 0.1) is 6.10 Å². The number of nitrogens with zero attached hydrogens (tertiary/aromatic N) is 1. The molecule has 1 fully saturated rings.